The maximum Gasteiger partial charge on any atom is 0.303 e. The number of anilines is 1. The molecule has 40 heavy (non-hydrogen) atoms. The Morgan fingerprint density at radius 3 is 2.30 bits per heavy atom. The molecule has 1 saturated heterocycles. The van der Waals surface area contributed by atoms with E-state index in [-0.39, 0.29) is 29.4 Å². The number of ether oxygens (including phenoxy) is 1. The molecule has 3 aromatic rings. The molecule has 4 rings (SSSR count). The number of hydrogen-bond donors (Lipinski definition) is 2. The zero-order chi connectivity index (χ0) is 28.9. The molecule has 0 saturated carbocycles. The Bertz CT molecular complexity index is 1430. The second-order valence-electron chi connectivity index (χ2n) is 10.0. The van der Waals surface area contributed by atoms with Crippen LogP contribution in [0, 0.1) is 11.7 Å². The topological polar surface area (TPSA) is 113 Å². The lowest BCUT2D eigenvalue weighted by Crippen LogP contribution is -2.55. The predicted octanol–water partition coefficient (Wildman–Crippen LogP) is 4.80. The summed E-state index contributed by atoms with van der Waals surface area (Å²) < 4.78 is 43.9. The zero-order valence-electron chi connectivity index (χ0n) is 22.4. The predicted molar refractivity (Wildman–Crippen MR) is 150 cm³/mol. The quantitative estimate of drug-likeness (QED) is 0.184. The number of benzene rings is 3. The van der Waals surface area contributed by atoms with E-state index in [1.54, 1.807) is 41.3 Å². The highest BCUT2D eigenvalue weighted by Crippen LogP contribution is 2.46. The van der Waals surface area contributed by atoms with Crippen LogP contribution in [0.4, 0.5) is 10.1 Å². The Hall–Kier alpha value is -3.76. The van der Waals surface area contributed by atoms with E-state index in [9.17, 15) is 27.5 Å². The third-order valence-electron chi connectivity index (χ3n) is 6.96. The molecule has 10 heteroatoms. The van der Waals surface area contributed by atoms with Crippen LogP contribution < -0.4 is 9.62 Å². The van der Waals surface area contributed by atoms with Gasteiger partial charge in [0.25, 0.3) is 0 Å². The van der Waals surface area contributed by atoms with Crippen molar-refractivity contribution in [2.45, 2.75) is 44.8 Å². The van der Waals surface area contributed by atoms with E-state index >= 15 is 0 Å². The highest BCUT2D eigenvalue weighted by molar-refractivity contribution is 7.88. The van der Waals surface area contributed by atoms with E-state index in [2.05, 4.69) is 4.72 Å². The number of carbonyl (C=O) groups is 2. The molecular weight excluding hydrogens is 535 g/mol. The van der Waals surface area contributed by atoms with Gasteiger partial charge < -0.3 is 14.7 Å². The summed E-state index contributed by atoms with van der Waals surface area (Å²) in [6, 6.07) is 19.8. The van der Waals surface area contributed by atoms with Crippen LogP contribution in [-0.2, 0) is 30.8 Å². The molecule has 1 aliphatic heterocycles. The lowest BCUT2D eigenvalue weighted by Gasteiger charge is -2.48. The number of sulfonamides is 1. The summed E-state index contributed by atoms with van der Waals surface area (Å²) in [4.78, 5) is 27.0. The molecule has 0 bridgehead atoms. The van der Waals surface area contributed by atoms with Crippen LogP contribution in [0.25, 0.3) is 0 Å². The molecule has 1 amide bonds. The molecule has 0 aromatic heterocycles. The van der Waals surface area contributed by atoms with Gasteiger partial charge in [0.1, 0.15) is 17.7 Å². The molecule has 0 aliphatic carbocycles. The van der Waals surface area contributed by atoms with Crippen LogP contribution in [0.2, 0.25) is 0 Å². The first kappa shape index (κ1) is 29.2. The molecule has 3 aromatic carbocycles. The second kappa shape index (κ2) is 12.6. The first-order valence-electron chi connectivity index (χ1n) is 13.1. The maximum absolute atomic E-state index is 13.5. The van der Waals surface area contributed by atoms with Crippen molar-refractivity contribution in [3.05, 3.63) is 95.3 Å². The number of hydrogen-bond acceptors (Lipinski definition) is 6. The van der Waals surface area contributed by atoms with E-state index in [0.717, 1.165) is 23.1 Å². The van der Waals surface area contributed by atoms with Crippen molar-refractivity contribution in [1.29, 1.82) is 0 Å². The van der Waals surface area contributed by atoms with Gasteiger partial charge >= 0.3 is 5.97 Å². The van der Waals surface area contributed by atoms with E-state index in [4.69, 9.17) is 4.74 Å². The molecule has 212 valence electrons. The fourth-order valence-electron chi connectivity index (χ4n) is 5.05. The Morgan fingerprint density at radius 2 is 1.70 bits per heavy atom. The number of phenolic OH excluding ortho intramolecular Hbond substituents is 1. The SMILES string of the molecule is CC(=O)O[C@H](CCC1C(=O)N(c2ccc(CCCNS(C)(=O)=O)cc2)[C@@H]1c1ccc(O)cc1)c1ccc(F)cc1. The number of rotatable bonds is 12. The Labute approximate surface area is 233 Å². The third-order valence-corrected chi connectivity index (χ3v) is 7.69. The summed E-state index contributed by atoms with van der Waals surface area (Å²) in [7, 11) is -3.22. The Balaban J connectivity index is 1.50. The number of esters is 1. The summed E-state index contributed by atoms with van der Waals surface area (Å²) >= 11 is 0. The second-order valence-corrected chi connectivity index (χ2v) is 11.8. The van der Waals surface area contributed by atoms with Crippen LogP contribution in [-0.4, -0.2) is 38.2 Å². The Kier molecular flexibility index (Phi) is 9.21. The number of phenols is 1. The monoisotopic (exact) mass is 568 g/mol. The van der Waals surface area contributed by atoms with Crippen molar-refractivity contribution in [1.82, 2.24) is 4.72 Å². The van der Waals surface area contributed by atoms with Gasteiger partial charge in [0.15, 0.2) is 0 Å². The number of nitrogens with zero attached hydrogens (tertiary/aromatic N) is 1. The molecule has 0 spiro atoms. The molecule has 1 aliphatic rings. The molecule has 1 heterocycles. The number of β-lactam (4-membered cyclic amide) rings is 1. The molecule has 1 unspecified atom stereocenters. The van der Waals surface area contributed by atoms with Gasteiger partial charge in [0.05, 0.1) is 18.2 Å². The molecule has 2 N–H and O–H groups in total. The van der Waals surface area contributed by atoms with Gasteiger partial charge in [-0.3, -0.25) is 9.59 Å². The fraction of sp³-hybridized carbons (Fsp3) is 0.333. The van der Waals surface area contributed by atoms with Gasteiger partial charge in [0.2, 0.25) is 15.9 Å². The molecule has 8 nitrogen and oxygen atoms in total. The number of nitrogens with one attached hydrogen (secondary N) is 1. The van der Waals surface area contributed by atoms with Crippen molar-refractivity contribution >= 4 is 27.6 Å². The van der Waals surface area contributed by atoms with E-state index in [1.165, 1.54) is 19.1 Å². The van der Waals surface area contributed by atoms with Crippen LogP contribution in [0.5, 0.6) is 5.75 Å². The van der Waals surface area contributed by atoms with Crippen molar-refractivity contribution in [3.63, 3.8) is 0 Å². The minimum atomic E-state index is -3.22. The lowest BCUT2D eigenvalue weighted by molar-refractivity contribution is -0.147. The van der Waals surface area contributed by atoms with Crippen molar-refractivity contribution < 1.29 is 32.2 Å². The molecule has 0 radical (unpaired) electrons. The number of halogens is 1. The van der Waals surface area contributed by atoms with Crippen molar-refractivity contribution in [2.24, 2.45) is 5.92 Å². The first-order chi connectivity index (χ1) is 19.0. The van der Waals surface area contributed by atoms with Gasteiger partial charge in [-0.25, -0.2) is 17.5 Å². The lowest BCUT2D eigenvalue weighted by atomic mass is 9.78. The van der Waals surface area contributed by atoms with E-state index < -0.39 is 22.1 Å². The van der Waals surface area contributed by atoms with Gasteiger partial charge in [-0.2, -0.15) is 0 Å². The number of amides is 1. The van der Waals surface area contributed by atoms with Gasteiger partial charge in [-0.05, 0) is 78.8 Å². The number of carbonyl (C=O) groups excluding carboxylic acids is 2. The molecule has 1 fully saturated rings. The largest absolute Gasteiger partial charge is 0.508 e. The number of aromatic hydroxyl groups is 1. The van der Waals surface area contributed by atoms with Crippen molar-refractivity contribution in [2.75, 3.05) is 17.7 Å². The summed E-state index contributed by atoms with van der Waals surface area (Å²) in [5.74, 6) is -1.18. The highest BCUT2D eigenvalue weighted by atomic mass is 32.2. The minimum absolute atomic E-state index is 0.0659. The first-order valence-corrected chi connectivity index (χ1v) is 15.0. The average Bonchev–Trinajstić information content (AvgIpc) is 2.90. The average molecular weight is 569 g/mol. The summed E-state index contributed by atoms with van der Waals surface area (Å²) in [6.07, 6.45) is 2.65. The smallest absolute Gasteiger partial charge is 0.303 e. The van der Waals surface area contributed by atoms with Crippen LogP contribution >= 0.6 is 0 Å². The molecular formula is C30H33FN2O6S. The minimum Gasteiger partial charge on any atom is -0.508 e. The standard InChI is InChI=1S/C30H33FN2O6S/c1-20(34)39-28(22-7-11-24(31)12-8-22)18-17-27-29(23-9-15-26(35)16-10-23)33(30(27)36)25-13-5-21(6-14-25)4-3-19-32-40(2,37)38/h5-16,27-29,32,35H,3-4,17-19H2,1-2H3/t27?,28-,29-/m1/s1. The van der Waals surface area contributed by atoms with Crippen LogP contribution in [0.1, 0.15) is 55.0 Å². The number of aryl methyl sites for hydroxylation is 1. The van der Waals surface area contributed by atoms with Crippen molar-refractivity contribution in [3.8, 4) is 5.75 Å². The summed E-state index contributed by atoms with van der Waals surface area (Å²) in [6.45, 7) is 1.67. The zero-order valence-corrected chi connectivity index (χ0v) is 23.2. The fourth-order valence-corrected chi connectivity index (χ4v) is 5.56. The summed E-state index contributed by atoms with van der Waals surface area (Å²) in [5, 5.41) is 9.81. The van der Waals surface area contributed by atoms with Crippen LogP contribution in [0.3, 0.4) is 0 Å². The summed E-state index contributed by atoms with van der Waals surface area (Å²) in [5.41, 5.74) is 3.27. The van der Waals surface area contributed by atoms with Gasteiger partial charge in [0, 0.05) is 19.2 Å². The van der Waals surface area contributed by atoms with E-state index in [1.807, 2.05) is 24.3 Å². The van der Waals surface area contributed by atoms with Gasteiger partial charge in [-0.1, -0.05) is 36.4 Å². The third kappa shape index (κ3) is 7.45. The van der Waals surface area contributed by atoms with E-state index in [0.29, 0.717) is 37.8 Å². The molecule has 3 atom stereocenters. The maximum atomic E-state index is 13.5. The normalized spacial score (nSPS) is 17.8. The Morgan fingerprint density at radius 1 is 1.05 bits per heavy atom. The van der Waals surface area contributed by atoms with Crippen LogP contribution in [0.15, 0.2) is 72.8 Å². The van der Waals surface area contributed by atoms with Gasteiger partial charge in [-0.15, -0.1) is 0 Å². The highest BCUT2D eigenvalue weighted by Gasteiger charge is 2.48.